The Morgan fingerprint density at radius 3 is 2.72 bits per heavy atom. The number of phenolic OH excluding ortho intramolecular Hbond substituents is 1. The minimum Gasteiger partial charge on any atom is -0.507 e. The monoisotopic (exact) mass is 340 g/mol. The van der Waals surface area contributed by atoms with Crippen LogP contribution in [0.2, 0.25) is 0 Å². The van der Waals surface area contributed by atoms with E-state index in [9.17, 15) is 14.6 Å². The van der Waals surface area contributed by atoms with Crippen LogP contribution in [0.3, 0.4) is 0 Å². The van der Waals surface area contributed by atoms with Crippen LogP contribution in [0, 0.1) is 5.82 Å². The second-order valence-electron chi connectivity index (χ2n) is 6.68. The Balaban J connectivity index is 1.80. The Labute approximate surface area is 143 Å². The number of fused-ring (bicyclic) bond motifs is 1. The van der Waals surface area contributed by atoms with Crippen molar-refractivity contribution in [1.82, 2.24) is 15.2 Å². The number of benzene rings is 1. The number of nitrogens with one attached hydrogen (secondary N) is 1. The van der Waals surface area contributed by atoms with E-state index in [0.29, 0.717) is 29.6 Å². The maximum Gasteiger partial charge on any atom is 0.175 e. The highest BCUT2D eigenvalue weighted by molar-refractivity contribution is 5.98. The van der Waals surface area contributed by atoms with Crippen molar-refractivity contribution in [3.63, 3.8) is 0 Å². The lowest BCUT2D eigenvalue weighted by molar-refractivity contribution is -0.0235. The lowest BCUT2D eigenvalue weighted by Crippen LogP contribution is -2.48. The number of aromatic hydroxyl groups is 1. The summed E-state index contributed by atoms with van der Waals surface area (Å²) in [4.78, 5) is 4.34. The summed E-state index contributed by atoms with van der Waals surface area (Å²) in [5.74, 6) is -0.291. The number of nitrogens with zero attached hydrogens (tertiary/aromatic N) is 3. The van der Waals surface area contributed by atoms with Gasteiger partial charge in [-0.05, 0) is 44.0 Å². The second kappa shape index (κ2) is 5.63. The Kier molecular flexibility index (Phi) is 3.54. The fraction of sp³-hybridized carbons (Fsp3) is 0.278. The highest BCUT2D eigenvalue weighted by Gasteiger charge is 2.38. The van der Waals surface area contributed by atoms with Crippen LogP contribution >= 0.6 is 0 Å². The second-order valence-corrected chi connectivity index (χ2v) is 6.68. The van der Waals surface area contributed by atoms with E-state index in [1.165, 1.54) is 18.2 Å². The molecule has 1 aliphatic rings. The highest BCUT2D eigenvalue weighted by Crippen LogP contribution is 2.37. The fourth-order valence-electron chi connectivity index (χ4n) is 3.31. The third-order valence-electron chi connectivity index (χ3n) is 4.48. The molecule has 2 heterocycles. The first-order valence-corrected chi connectivity index (χ1v) is 8.03. The van der Waals surface area contributed by atoms with Crippen molar-refractivity contribution in [3.05, 3.63) is 42.3 Å². The number of hydrogen-bond donors (Lipinski definition) is 3. The molecule has 0 radical (unpaired) electrons. The standard InChI is InChI=1S/C18H17FN4O2/c1-18(25)8-10(9-18)21-17-16-11(4-3-7-20-16)15(22-23-17)14-12(19)5-2-6-13(14)24/h2-7,10,24-25H,8-9H2,1H3,(H,21,23). The molecule has 0 aliphatic heterocycles. The number of halogens is 1. The molecule has 0 unspecified atom stereocenters. The molecule has 4 rings (SSSR count). The van der Waals surface area contributed by atoms with E-state index in [2.05, 4.69) is 20.5 Å². The van der Waals surface area contributed by atoms with Gasteiger partial charge in [-0.25, -0.2) is 4.39 Å². The van der Waals surface area contributed by atoms with Crippen molar-refractivity contribution >= 4 is 16.7 Å². The van der Waals surface area contributed by atoms with E-state index >= 15 is 0 Å². The predicted octanol–water partition coefficient (Wildman–Crippen LogP) is 2.86. The molecule has 25 heavy (non-hydrogen) atoms. The van der Waals surface area contributed by atoms with Gasteiger partial charge in [0.25, 0.3) is 0 Å². The molecule has 0 amide bonds. The van der Waals surface area contributed by atoms with Gasteiger partial charge in [0, 0.05) is 17.6 Å². The maximum atomic E-state index is 14.2. The molecule has 2 aromatic heterocycles. The lowest BCUT2D eigenvalue weighted by Gasteiger charge is -2.41. The predicted molar refractivity (Wildman–Crippen MR) is 91.7 cm³/mol. The number of hydrogen-bond acceptors (Lipinski definition) is 6. The van der Waals surface area contributed by atoms with Crippen LogP contribution in [0.15, 0.2) is 36.5 Å². The largest absolute Gasteiger partial charge is 0.507 e. The normalized spacial score (nSPS) is 22.6. The van der Waals surface area contributed by atoms with Gasteiger partial charge in [0.2, 0.25) is 0 Å². The molecule has 0 atom stereocenters. The molecule has 0 bridgehead atoms. The minimum absolute atomic E-state index is 0.00567. The summed E-state index contributed by atoms with van der Waals surface area (Å²) in [6, 6.07) is 7.68. The van der Waals surface area contributed by atoms with E-state index in [1.54, 1.807) is 25.3 Å². The van der Waals surface area contributed by atoms with Crippen LogP contribution in [-0.2, 0) is 0 Å². The van der Waals surface area contributed by atoms with Gasteiger partial charge in [0.1, 0.15) is 22.8 Å². The summed E-state index contributed by atoms with van der Waals surface area (Å²) in [5.41, 5.74) is 0.130. The Morgan fingerprint density at radius 2 is 2.00 bits per heavy atom. The molecule has 0 saturated heterocycles. The molecule has 7 heteroatoms. The number of anilines is 1. The fourth-order valence-corrected chi connectivity index (χ4v) is 3.31. The van der Waals surface area contributed by atoms with Gasteiger partial charge in [-0.2, -0.15) is 0 Å². The first kappa shape index (κ1) is 15.7. The molecule has 3 N–H and O–H groups in total. The molecule has 128 valence electrons. The summed E-state index contributed by atoms with van der Waals surface area (Å²) in [6.45, 7) is 1.79. The zero-order valence-corrected chi connectivity index (χ0v) is 13.6. The van der Waals surface area contributed by atoms with Crippen LogP contribution in [0.25, 0.3) is 22.2 Å². The van der Waals surface area contributed by atoms with E-state index in [1.807, 2.05) is 0 Å². The van der Waals surface area contributed by atoms with Gasteiger partial charge in [-0.1, -0.05) is 6.07 Å². The molecule has 6 nitrogen and oxygen atoms in total. The molecular weight excluding hydrogens is 323 g/mol. The lowest BCUT2D eigenvalue weighted by atomic mass is 9.77. The molecule has 1 aromatic carbocycles. The summed E-state index contributed by atoms with van der Waals surface area (Å²) < 4.78 is 14.2. The van der Waals surface area contributed by atoms with Gasteiger partial charge in [0.15, 0.2) is 5.82 Å². The SMILES string of the molecule is CC1(O)CC(Nc2nnc(-c3c(O)cccc3F)c3cccnc23)C1. The van der Waals surface area contributed by atoms with Crippen LogP contribution in [0.5, 0.6) is 5.75 Å². The van der Waals surface area contributed by atoms with Crippen molar-refractivity contribution in [2.45, 2.75) is 31.4 Å². The molecule has 1 fully saturated rings. The van der Waals surface area contributed by atoms with Gasteiger partial charge in [0.05, 0.1) is 11.2 Å². The molecule has 1 saturated carbocycles. The van der Waals surface area contributed by atoms with E-state index in [-0.39, 0.29) is 23.0 Å². The number of aliphatic hydroxyl groups is 1. The first-order valence-electron chi connectivity index (χ1n) is 8.03. The van der Waals surface area contributed by atoms with Crippen molar-refractivity contribution in [1.29, 1.82) is 0 Å². The summed E-state index contributed by atoms with van der Waals surface area (Å²) in [6.07, 6.45) is 2.84. The zero-order valence-electron chi connectivity index (χ0n) is 13.6. The van der Waals surface area contributed by atoms with Crippen LogP contribution in [0.1, 0.15) is 19.8 Å². The summed E-state index contributed by atoms with van der Waals surface area (Å²) >= 11 is 0. The zero-order chi connectivity index (χ0) is 17.6. The average Bonchev–Trinajstić information content (AvgIpc) is 2.54. The quantitative estimate of drug-likeness (QED) is 0.679. The third kappa shape index (κ3) is 2.76. The maximum absolute atomic E-state index is 14.2. The van der Waals surface area contributed by atoms with Crippen LogP contribution < -0.4 is 5.32 Å². The smallest absolute Gasteiger partial charge is 0.175 e. The van der Waals surface area contributed by atoms with Crippen molar-refractivity contribution in [3.8, 4) is 17.0 Å². The van der Waals surface area contributed by atoms with Crippen molar-refractivity contribution in [2.75, 3.05) is 5.32 Å². The van der Waals surface area contributed by atoms with Crippen molar-refractivity contribution < 1.29 is 14.6 Å². The van der Waals surface area contributed by atoms with Gasteiger partial charge in [-0.15, -0.1) is 10.2 Å². The Bertz CT molecular complexity index is 933. The minimum atomic E-state index is -0.659. The van der Waals surface area contributed by atoms with Crippen LogP contribution in [-0.4, -0.2) is 37.0 Å². The first-order chi connectivity index (χ1) is 11.9. The van der Waals surface area contributed by atoms with Gasteiger partial charge in [-0.3, -0.25) is 4.98 Å². The van der Waals surface area contributed by atoms with Crippen molar-refractivity contribution in [2.24, 2.45) is 0 Å². The Morgan fingerprint density at radius 1 is 1.20 bits per heavy atom. The van der Waals surface area contributed by atoms with Gasteiger partial charge >= 0.3 is 0 Å². The Hall–Kier alpha value is -2.80. The van der Waals surface area contributed by atoms with Gasteiger partial charge < -0.3 is 15.5 Å². The number of pyridine rings is 1. The molecule has 3 aromatic rings. The average molecular weight is 340 g/mol. The highest BCUT2D eigenvalue weighted by atomic mass is 19.1. The summed E-state index contributed by atoms with van der Waals surface area (Å²) in [5, 5.41) is 32.0. The molecule has 1 aliphatic carbocycles. The van der Waals surface area contributed by atoms with E-state index < -0.39 is 11.4 Å². The van der Waals surface area contributed by atoms with E-state index in [4.69, 9.17) is 0 Å². The van der Waals surface area contributed by atoms with E-state index in [0.717, 1.165) is 0 Å². The third-order valence-corrected chi connectivity index (χ3v) is 4.48. The number of aromatic nitrogens is 3. The number of phenols is 1. The summed E-state index contributed by atoms with van der Waals surface area (Å²) in [7, 11) is 0. The van der Waals surface area contributed by atoms with Crippen LogP contribution in [0.4, 0.5) is 10.2 Å². The molecule has 0 spiro atoms. The molecular formula is C18H17FN4O2. The topological polar surface area (TPSA) is 91.2 Å². The number of rotatable bonds is 3.